The molecule has 0 saturated carbocycles. The van der Waals surface area contributed by atoms with Gasteiger partial charge in [-0.15, -0.1) is 0 Å². The molecule has 0 amide bonds. The van der Waals surface area contributed by atoms with Crippen molar-refractivity contribution >= 4 is 11.6 Å². The van der Waals surface area contributed by atoms with Gasteiger partial charge in [0, 0.05) is 31.9 Å². The van der Waals surface area contributed by atoms with E-state index in [-0.39, 0.29) is 11.9 Å². The maximum absolute atomic E-state index is 12.8. The van der Waals surface area contributed by atoms with Gasteiger partial charge in [-0.1, -0.05) is 11.6 Å². The maximum Gasteiger partial charge on any atom is 0.141 e. The standard InChI is InChI=1S/C16H17ClFN3O/c17-12-7-16(10-19-8-12)22-15-3-5-21(6-4-15)11-14-2-1-13(18)9-20-14/h1-2,7-10,15H,3-6,11H2. The lowest BCUT2D eigenvalue weighted by Gasteiger charge is -2.31. The summed E-state index contributed by atoms with van der Waals surface area (Å²) in [5.74, 6) is 0.414. The number of hydrogen-bond donors (Lipinski definition) is 0. The number of halogens is 2. The molecule has 0 N–H and O–H groups in total. The van der Waals surface area contributed by atoms with Crippen molar-refractivity contribution in [1.82, 2.24) is 14.9 Å². The Labute approximate surface area is 133 Å². The van der Waals surface area contributed by atoms with Crippen LogP contribution in [0.5, 0.6) is 5.75 Å². The topological polar surface area (TPSA) is 38.2 Å². The lowest BCUT2D eigenvalue weighted by atomic mass is 10.1. The first-order valence-electron chi connectivity index (χ1n) is 7.29. The second-order valence-corrected chi connectivity index (χ2v) is 5.84. The average Bonchev–Trinajstić information content (AvgIpc) is 2.52. The van der Waals surface area contributed by atoms with E-state index in [1.54, 1.807) is 24.5 Å². The molecule has 1 saturated heterocycles. The molecule has 4 nitrogen and oxygen atoms in total. The highest BCUT2D eigenvalue weighted by Gasteiger charge is 2.21. The first-order chi connectivity index (χ1) is 10.7. The molecule has 0 atom stereocenters. The van der Waals surface area contributed by atoms with Crippen LogP contribution in [0.15, 0.2) is 36.8 Å². The molecule has 1 fully saturated rings. The molecule has 0 radical (unpaired) electrons. The Kier molecular flexibility index (Phi) is 4.85. The van der Waals surface area contributed by atoms with Gasteiger partial charge in [0.25, 0.3) is 0 Å². The Morgan fingerprint density at radius 3 is 2.73 bits per heavy atom. The first kappa shape index (κ1) is 15.2. The fourth-order valence-corrected chi connectivity index (χ4v) is 2.73. The Morgan fingerprint density at radius 1 is 1.23 bits per heavy atom. The normalized spacial score (nSPS) is 16.6. The highest BCUT2D eigenvalue weighted by molar-refractivity contribution is 6.30. The van der Waals surface area contributed by atoms with E-state index in [2.05, 4.69) is 14.9 Å². The molecule has 0 spiro atoms. The van der Waals surface area contributed by atoms with Gasteiger partial charge in [0.2, 0.25) is 0 Å². The Balaban J connectivity index is 1.49. The summed E-state index contributed by atoms with van der Waals surface area (Å²) in [5.41, 5.74) is 0.889. The van der Waals surface area contributed by atoms with E-state index in [1.165, 1.54) is 12.3 Å². The second-order valence-electron chi connectivity index (χ2n) is 5.40. The summed E-state index contributed by atoms with van der Waals surface area (Å²) < 4.78 is 18.8. The summed E-state index contributed by atoms with van der Waals surface area (Å²) in [7, 11) is 0. The predicted molar refractivity (Wildman–Crippen MR) is 82.4 cm³/mol. The van der Waals surface area contributed by atoms with Gasteiger partial charge in [-0.2, -0.15) is 0 Å². The van der Waals surface area contributed by atoms with Gasteiger partial charge >= 0.3 is 0 Å². The molecule has 0 aliphatic carbocycles. The van der Waals surface area contributed by atoms with Crippen LogP contribution in [0, 0.1) is 5.82 Å². The summed E-state index contributed by atoms with van der Waals surface area (Å²) >= 11 is 5.90. The van der Waals surface area contributed by atoms with Crippen LogP contribution in [0.1, 0.15) is 18.5 Å². The largest absolute Gasteiger partial charge is 0.489 e. The number of nitrogens with zero attached hydrogens (tertiary/aromatic N) is 3. The molecule has 0 aromatic carbocycles. The summed E-state index contributed by atoms with van der Waals surface area (Å²) in [6.45, 7) is 2.60. The SMILES string of the molecule is Fc1ccc(CN2CCC(Oc3cncc(Cl)c3)CC2)nc1. The Morgan fingerprint density at radius 2 is 2.05 bits per heavy atom. The molecule has 1 aliphatic rings. The van der Waals surface area contributed by atoms with Gasteiger partial charge in [-0.05, 0) is 25.0 Å². The van der Waals surface area contributed by atoms with Crippen LogP contribution in [0.25, 0.3) is 0 Å². The summed E-state index contributed by atoms with van der Waals surface area (Å²) in [5, 5.41) is 0.581. The lowest BCUT2D eigenvalue weighted by molar-refractivity contribution is 0.0958. The minimum Gasteiger partial charge on any atom is -0.489 e. The van der Waals surface area contributed by atoms with Crippen molar-refractivity contribution in [2.75, 3.05) is 13.1 Å². The van der Waals surface area contributed by atoms with Crippen molar-refractivity contribution in [1.29, 1.82) is 0 Å². The molecule has 0 bridgehead atoms. The number of pyridine rings is 2. The highest BCUT2D eigenvalue weighted by atomic mass is 35.5. The fraction of sp³-hybridized carbons (Fsp3) is 0.375. The third-order valence-electron chi connectivity index (χ3n) is 3.69. The van der Waals surface area contributed by atoms with Crippen LogP contribution in [0.2, 0.25) is 5.02 Å². The zero-order valence-corrected chi connectivity index (χ0v) is 12.8. The molecular weight excluding hydrogens is 305 g/mol. The van der Waals surface area contributed by atoms with Crippen LogP contribution in [-0.2, 0) is 6.54 Å². The van der Waals surface area contributed by atoms with Gasteiger partial charge in [-0.25, -0.2) is 4.39 Å². The van der Waals surface area contributed by atoms with Crippen molar-refractivity contribution in [3.05, 3.63) is 53.3 Å². The van der Waals surface area contributed by atoms with Crippen LogP contribution in [0.4, 0.5) is 4.39 Å². The minimum atomic E-state index is -0.300. The van der Waals surface area contributed by atoms with Gasteiger partial charge < -0.3 is 4.74 Å². The molecule has 2 aromatic rings. The number of ether oxygens (including phenoxy) is 1. The van der Waals surface area contributed by atoms with E-state index in [0.29, 0.717) is 10.8 Å². The van der Waals surface area contributed by atoms with E-state index < -0.39 is 0 Å². The summed E-state index contributed by atoms with van der Waals surface area (Å²) in [4.78, 5) is 10.4. The molecular formula is C16H17ClFN3O. The number of rotatable bonds is 4. The summed E-state index contributed by atoms with van der Waals surface area (Å²) in [6, 6.07) is 4.96. The molecule has 3 heterocycles. The van der Waals surface area contributed by atoms with Crippen LogP contribution < -0.4 is 4.74 Å². The van der Waals surface area contributed by atoms with Crippen LogP contribution in [0.3, 0.4) is 0 Å². The van der Waals surface area contributed by atoms with Gasteiger partial charge in [-0.3, -0.25) is 14.9 Å². The molecule has 22 heavy (non-hydrogen) atoms. The maximum atomic E-state index is 12.8. The first-order valence-corrected chi connectivity index (χ1v) is 7.67. The number of piperidine rings is 1. The van der Waals surface area contributed by atoms with Crippen molar-refractivity contribution in [3.8, 4) is 5.75 Å². The Hall–Kier alpha value is -1.72. The van der Waals surface area contributed by atoms with Crippen molar-refractivity contribution in [2.45, 2.75) is 25.5 Å². The molecule has 6 heteroatoms. The van der Waals surface area contributed by atoms with Crippen molar-refractivity contribution < 1.29 is 9.13 Å². The van der Waals surface area contributed by atoms with Crippen LogP contribution in [-0.4, -0.2) is 34.1 Å². The van der Waals surface area contributed by atoms with E-state index in [4.69, 9.17) is 16.3 Å². The summed E-state index contributed by atoms with van der Waals surface area (Å²) in [6.07, 6.45) is 6.59. The van der Waals surface area contributed by atoms with Gasteiger partial charge in [0.1, 0.15) is 17.7 Å². The number of aromatic nitrogens is 2. The minimum absolute atomic E-state index is 0.178. The third-order valence-corrected chi connectivity index (χ3v) is 3.90. The smallest absolute Gasteiger partial charge is 0.141 e. The molecule has 3 rings (SSSR count). The third kappa shape index (κ3) is 4.15. The molecule has 2 aromatic heterocycles. The van der Waals surface area contributed by atoms with E-state index in [9.17, 15) is 4.39 Å². The van der Waals surface area contributed by atoms with Gasteiger partial charge in [0.05, 0.1) is 23.1 Å². The van der Waals surface area contributed by atoms with E-state index in [1.807, 2.05) is 0 Å². The van der Waals surface area contributed by atoms with E-state index >= 15 is 0 Å². The monoisotopic (exact) mass is 321 g/mol. The van der Waals surface area contributed by atoms with E-state index in [0.717, 1.165) is 38.2 Å². The predicted octanol–water partition coefficient (Wildman–Crippen LogP) is 3.31. The Bertz CT molecular complexity index is 615. The fourth-order valence-electron chi connectivity index (χ4n) is 2.56. The highest BCUT2D eigenvalue weighted by Crippen LogP contribution is 2.21. The van der Waals surface area contributed by atoms with Crippen molar-refractivity contribution in [3.63, 3.8) is 0 Å². The zero-order valence-electron chi connectivity index (χ0n) is 12.1. The number of likely N-dealkylation sites (tertiary alicyclic amines) is 1. The average molecular weight is 322 g/mol. The molecule has 0 unspecified atom stereocenters. The molecule has 1 aliphatic heterocycles. The quantitative estimate of drug-likeness (QED) is 0.866. The zero-order chi connectivity index (χ0) is 15.4. The number of hydrogen-bond acceptors (Lipinski definition) is 4. The molecule has 116 valence electrons. The van der Waals surface area contributed by atoms with Crippen molar-refractivity contribution in [2.24, 2.45) is 0 Å². The second kappa shape index (κ2) is 7.03. The van der Waals surface area contributed by atoms with Crippen LogP contribution >= 0.6 is 11.6 Å². The lowest BCUT2D eigenvalue weighted by Crippen LogP contribution is -2.38. The van der Waals surface area contributed by atoms with Gasteiger partial charge in [0.15, 0.2) is 0 Å².